The van der Waals surface area contributed by atoms with Gasteiger partial charge in [-0.2, -0.15) is 0 Å². The van der Waals surface area contributed by atoms with E-state index in [0.29, 0.717) is 12.5 Å². The van der Waals surface area contributed by atoms with E-state index in [1.165, 1.54) is 5.56 Å². The minimum absolute atomic E-state index is 0.152. The number of esters is 1. The quantitative estimate of drug-likeness (QED) is 0.588. The van der Waals surface area contributed by atoms with Crippen LogP contribution in [-0.4, -0.2) is 24.4 Å². The normalized spacial score (nSPS) is 12.4. The second-order valence-corrected chi connectivity index (χ2v) is 6.60. The molecule has 1 atom stereocenters. The molecule has 1 N–H and O–H groups in total. The van der Waals surface area contributed by atoms with Gasteiger partial charge in [-0.05, 0) is 44.0 Å². The fraction of sp³-hybridized carbons (Fsp3) is 0.562. The van der Waals surface area contributed by atoms with Gasteiger partial charge < -0.3 is 10.1 Å². The molecule has 0 aliphatic heterocycles. The number of carbonyl (C=O) groups is 1. The van der Waals surface area contributed by atoms with E-state index in [1.807, 2.05) is 26.0 Å². The van der Waals surface area contributed by atoms with Crippen LogP contribution >= 0.6 is 11.8 Å². The van der Waals surface area contributed by atoms with Crippen LogP contribution in [0, 0.1) is 5.92 Å². The van der Waals surface area contributed by atoms with E-state index in [-0.39, 0.29) is 11.2 Å². The summed E-state index contributed by atoms with van der Waals surface area (Å²) in [5, 5.41) is 3.25. The molecular weight excluding hydrogens is 270 g/mol. The van der Waals surface area contributed by atoms with E-state index in [0.717, 1.165) is 18.0 Å². The van der Waals surface area contributed by atoms with E-state index >= 15 is 0 Å². The van der Waals surface area contributed by atoms with Crippen molar-refractivity contribution in [1.29, 1.82) is 0 Å². The molecule has 1 aromatic carbocycles. The topological polar surface area (TPSA) is 38.3 Å². The molecule has 0 saturated carbocycles. The molecule has 0 saturated heterocycles. The van der Waals surface area contributed by atoms with Crippen LogP contribution in [0.2, 0.25) is 0 Å². The van der Waals surface area contributed by atoms with Gasteiger partial charge in [-0.25, -0.2) is 0 Å². The van der Waals surface area contributed by atoms with Crippen LogP contribution in [0.25, 0.3) is 0 Å². The number of rotatable bonds is 8. The van der Waals surface area contributed by atoms with Crippen molar-refractivity contribution in [2.75, 3.05) is 13.2 Å². The van der Waals surface area contributed by atoms with E-state index in [1.54, 1.807) is 11.8 Å². The fourth-order valence-electron chi connectivity index (χ4n) is 1.75. The minimum atomic E-state index is -0.172. The number of thioether (sulfide) groups is 1. The maximum absolute atomic E-state index is 11.6. The lowest BCUT2D eigenvalue weighted by Gasteiger charge is -2.12. The molecule has 0 heterocycles. The molecule has 0 aliphatic rings. The van der Waals surface area contributed by atoms with E-state index < -0.39 is 0 Å². The van der Waals surface area contributed by atoms with E-state index in [2.05, 4.69) is 31.3 Å². The van der Waals surface area contributed by atoms with Gasteiger partial charge >= 0.3 is 5.97 Å². The Labute approximate surface area is 126 Å². The monoisotopic (exact) mass is 295 g/mol. The largest absolute Gasteiger partial charge is 0.465 e. The Hall–Kier alpha value is -1.00. The summed E-state index contributed by atoms with van der Waals surface area (Å²) in [4.78, 5) is 12.7. The highest BCUT2D eigenvalue weighted by Gasteiger charge is 2.15. The maximum atomic E-state index is 11.6. The van der Waals surface area contributed by atoms with Gasteiger partial charge in [0.1, 0.15) is 5.25 Å². The van der Waals surface area contributed by atoms with Gasteiger partial charge in [0.15, 0.2) is 0 Å². The lowest BCUT2D eigenvalue weighted by atomic mass is 10.2. The first-order chi connectivity index (χ1) is 9.52. The fourth-order valence-corrected chi connectivity index (χ4v) is 2.69. The van der Waals surface area contributed by atoms with Crippen molar-refractivity contribution in [3.63, 3.8) is 0 Å². The van der Waals surface area contributed by atoms with Gasteiger partial charge in [0, 0.05) is 11.4 Å². The molecule has 1 unspecified atom stereocenters. The highest BCUT2D eigenvalue weighted by molar-refractivity contribution is 8.00. The summed E-state index contributed by atoms with van der Waals surface area (Å²) in [6.45, 7) is 10.4. The summed E-state index contributed by atoms with van der Waals surface area (Å²) >= 11 is 1.54. The predicted octanol–water partition coefficient (Wildman–Crippen LogP) is 3.48. The van der Waals surface area contributed by atoms with E-state index in [4.69, 9.17) is 4.74 Å². The summed E-state index contributed by atoms with van der Waals surface area (Å²) in [7, 11) is 0. The van der Waals surface area contributed by atoms with Crippen LogP contribution in [0.3, 0.4) is 0 Å². The lowest BCUT2D eigenvalue weighted by molar-refractivity contribution is -0.142. The molecule has 0 amide bonds. The molecular formula is C16H25NO2S. The van der Waals surface area contributed by atoms with Crippen LogP contribution in [-0.2, 0) is 16.1 Å². The molecule has 0 aromatic heterocycles. The number of hydrogen-bond acceptors (Lipinski definition) is 4. The van der Waals surface area contributed by atoms with Crippen LogP contribution < -0.4 is 5.32 Å². The Kier molecular flexibility index (Phi) is 7.70. The average Bonchev–Trinajstić information content (AvgIpc) is 2.39. The molecule has 0 bridgehead atoms. The third kappa shape index (κ3) is 6.44. The van der Waals surface area contributed by atoms with Gasteiger partial charge in [0.25, 0.3) is 0 Å². The van der Waals surface area contributed by atoms with Gasteiger partial charge in [-0.3, -0.25) is 4.79 Å². The van der Waals surface area contributed by atoms with Gasteiger partial charge in [-0.1, -0.05) is 26.0 Å². The van der Waals surface area contributed by atoms with Crippen molar-refractivity contribution < 1.29 is 9.53 Å². The molecule has 1 aromatic rings. The van der Waals surface area contributed by atoms with Crippen LogP contribution in [0.4, 0.5) is 0 Å². The van der Waals surface area contributed by atoms with Crippen LogP contribution in [0.5, 0.6) is 0 Å². The van der Waals surface area contributed by atoms with Crippen molar-refractivity contribution >= 4 is 17.7 Å². The molecule has 0 spiro atoms. The molecule has 0 radical (unpaired) electrons. The third-order valence-corrected chi connectivity index (χ3v) is 3.78. The molecule has 0 fully saturated rings. The number of nitrogens with one attached hydrogen (secondary N) is 1. The lowest BCUT2D eigenvalue weighted by Crippen LogP contribution is -2.19. The van der Waals surface area contributed by atoms with Crippen molar-refractivity contribution in [3.8, 4) is 0 Å². The second-order valence-electron chi connectivity index (χ2n) is 5.18. The Morgan fingerprint density at radius 2 is 2.10 bits per heavy atom. The van der Waals surface area contributed by atoms with Crippen LogP contribution in [0.1, 0.15) is 33.3 Å². The van der Waals surface area contributed by atoms with Crippen molar-refractivity contribution in [2.24, 2.45) is 5.92 Å². The maximum Gasteiger partial charge on any atom is 0.319 e. The zero-order chi connectivity index (χ0) is 15.0. The Bertz CT molecular complexity index is 421. The smallest absolute Gasteiger partial charge is 0.319 e. The third-order valence-electron chi connectivity index (χ3n) is 2.71. The first-order valence-corrected chi connectivity index (χ1v) is 8.03. The number of hydrogen-bond donors (Lipinski definition) is 1. The van der Waals surface area contributed by atoms with Gasteiger partial charge in [-0.15, -0.1) is 11.8 Å². The zero-order valence-corrected chi connectivity index (χ0v) is 13.6. The molecule has 4 heteroatoms. The minimum Gasteiger partial charge on any atom is -0.465 e. The summed E-state index contributed by atoms with van der Waals surface area (Å²) in [5.74, 6) is 0.497. The summed E-state index contributed by atoms with van der Waals surface area (Å²) in [6, 6.07) is 8.30. The Morgan fingerprint density at radius 3 is 2.75 bits per heavy atom. The zero-order valence-electron chi connectivity index (χ0n) is 12.8. The summed E-state index contributed by atoms with van der Waals surface area (Å²) < 4.78 is 5.03. The molecule has 0 aliphatic carbocycles. The SMILES string of the molecule is CCOC(=O)C(C)Sc1cccc(CNCC(C)C)c1. The first kappa shape index (κ1) is 17.1. The number of carbonyl (C=O) groups excluding carboxylic acids is 1. The van der Waals surface area contributed by atoms with Gasteiger partial charge in [0.05, 0.1) is 6.61 Å². The molecule has 1 rings (SSSR count). The van der Waals surface area contributed by atoms with E-state index in [9.17, 15) is 4.79 Å². The Balaban J connectivity index is 2.52. The van der Waals surface area contributed by atoms with Crippen LogP contribution in [0.15, 0.2) is 29.2 Å². The standard InChI is InChI=1S/C16H25NO2S/c1-5-19-16(18)13(4)20-15-8-6-7-14(9-15)11-17-10-12(2)3/h6-9,12-13,17H,5,10-11H2,1-4H3. The first-order valence-electron chi connectivity index (χ1n) is 7.15. The second kappa shape index (κ2) is 9.03. The van der Waals surface area contributed by atoms with Gasteiger partial charge in [0.2, 0.25) is 0 Å². The van der Waals surface area contributed by atoms with Crippen molar-refractivity contribution in [3.05, 3.63) is 29.8 Å². The Morgan fingerprint density at radius 1 is 1.35 bits per heavy atom. The molecule has 112 valence electrons. The van der Waals surface area contributed by atoms with Crippen molar-refractivity contribution in [2.45, 2.75) is 44.4 Å². The highest BCUT2D eigenvalue weighted by Crippen LogP contribution is 2.24. The predicted molar refractivity (Wildman–Crippen MR) is 84.9 cm³/mol. The highest BCUT2D eigenvalue weighted by atomic mass is 32.2. The average molecular weight is 295 g/mol. The molecule has 3 nitrogen and oxygen atoms in total. The van der Waals surface area contributed by atoms with Crippen molar-refractivity contribution in [1.82, 2.24) is 5.32 Å². The molecule has 20 heavy (non-hydrogen) atoms. The number of ether oxygens (including phenoxy) is 1. The number of benzene rings is 1. The summed E-state index contributed by atoms with van der Waals surface area (Å²) in [6.07, 6.45) is 0. The summed E-state index contributed by atoms with van der Waals surface area (Å²) in [5.41, 5.74) is 1.24.